The summed E-state index contributed by atoms with van der Waals surface area (Å²) in [5, 5.41) is 9.52. The number of benzene rings is 1. The Hall–Kier alpha value is -2.34. The Morgan fingerprint density at radius 2 is 2.00 bits per heavy atom. The molecule has 0 saturated heterocycles. The van der Waals surface area contributed by atoms with Crippen LogP contribution in [0, 0.1) is 11.3 Å². The molecule has 1 aliphatic rings. The molecular weight excluding hydrogens is 258 g/mol. The topological polar surface area (TPSA) is 39.9 Å². The van der Waals surface area contributed by atoms with Gasteiger partial charge in [0, 0.05) is 30.7 Å². The van der Waals surface area contributed by atoms with Crippen molar-refractivity contribution >= 4 is 5.69 Å². The number of hydrogen-bond acceptors (Lipinski definition) is 3. The average molecular weight is 277 g/mol. The van der Waals surface area contributed by atoms with E-state index in [4.69, 9.17) is 0 Å². The molecule has 0 saturated carbocycles. The Labute approximate surface area is 125 Å². The molecule has 21 heavy (non-hydrogen) atoms. The Morgan fingerprint density at radius 3 is 2.67 bits per heavy atom. The Bertz CT molecular complexity index is 684. The molecule has 1 aromatic heterocycles. The molecule has 1 aromatic carbocycles. The van der Waals surface area contributed by atoms with Gasteiger partial charge in [0.1, 0.15) is 0 Å². The second-order valence-electron chi connectivity index (χ2n) is 5.76. The fraction of sp³-hybridized carbons (Fsp3) is 0.333. The predicted molar refractivity (Wildman–Crippen MR) is 85.2 cm³/mol. The minimum atomic E-state index is 0.461. The van der Waals surface area contributed by atoms with Crippen molar-refractivity contribution in [3.63, 3.8) is 0 Å². The summed E-state index contributed by atoms with van der Waals surface area (Å²) in [4.78, 5) is 6.46. The van der Waals surface area contributed by atoms with Gasteiger partial charge in [-0.2, -0.15) is 5.26 Å². The molecule has 0 unspecified atom stereocenters. The fourth-order valence-corrected chi connectivity index (χ4v) is 3.06. The number of fused-ring (bicyclic) bond motifs is 1. The standard InChI is InChI=1S/C18H19N3/c1-13(2)21-9-3-4-15-10-17(14-5-7-20-8-6-14)16(12-19)11-18(15)21/h5-8,10-11,13H,3-4,9H2,1-2H3. The summed E-state index contributed by atoms with van der Waals surface area (Å²) in [5.74, 6) is 0. The maximum absolute atomic E-state index is 9.52. The monoisotopic (exact) mass is 277 g/mol. The molecule has 0 amide bonds. The van der Waals surface area contributed by atoms with Crippen LogP contribution in [-0.4, -0.2) is 17.6 Å². The number of aryl methyl sites for hydroxylation is 1. The molecule has 0 N–H and O–H groups in total. The van der Waals surface area contributed by atoms with Crippen molar-refractivity contribution in [2.45, 2.75) is 32.7 Å². The van der Waals surface area contributed by atoms with E-state index in [1.165, 1.54) is 17.7 Å². The highest BCUT2D eigenvalue weighted by atomic mass is 15.2. The van der Waals surface area contributed by atoms with Gasteiger partial charge in [0.15, 0.2) is 0 Å². The summed E-state index contributed by atoms with van der Waals surface area (Å²) in [6, 6.07) is 11.0. The molecule has 0 aliphatic carbocycles. The highest BCUT2D eigenvalue weighted by Crippen LogP contribution is 2.35. The Kier molecular flexibility index (Phi) is 3.62. The third-order valence-corrected chi connectivity index (χ3v) is 4.11. The maximum atomic E-state index is 9.52. The van der Waals surface area contributed by atoms with Crippen LogP contribution in [0.4, 0.5) is 5.69 Å². The van der Waals surface area contributed by atoms with Crippen molar-refractivity contribution < 1.29 is 0 Å². The van der Waals surface area contributed by atoms with Crippen molar-refractivity contribution in [1.82, 2.24) is 4.98 Å². The summed E-state index contributed by atoms with van der Waals surface area (Å²) in [5.41, 5.74) is 5.40. The van der Waals surface area contributed by atoms with Crippen LogP contribution in [0.15, 0.2) is 36.7 Å². The van der Waals surface area contributed by atoms with E-state index in [0.29, 0.717) is 6.04 Å². The normalized spacial score (nSPS) is 13.9. The van der Waals surface area contributed by atoms with E-state index >= 15 is 0 Å². The highest BCUT2D eigenvalue weighted by molar-refractivity contribution is 5.76. The molecular formula is C18H19N3. The van der Waals surface area contributed by atoms with E-state index in [2.05, 4.69) is 41.9 Å². The maximum Gasteiger partial charge on any atom is 0.0998 e. The van der Waals surface area contributed by atoms with Crippen molar-refractivity contribution in [1.29, 1.82) is 5.26 Å². The first-order chi connectivity index (χ1) is 10.2. The van der Waals surface area contributed by atoms with Gasteiger partial charge in [-0.25, -0.2) is 0 Å². The average Bonchev–Trinajstić information content (AvgIpc) is 2.53. The largest absolute Gasteiger partial charge is 0.369 e. The van der Waals surface area contributed by atoms with E-state index in [-0.39, 0.29) is 0 Å². The molecule has 106 valence electrons. The van der Waals surface area contributed by atoms with Crippen molar-refractivity contribution in [3.8, 4) is 17.2 Å². The molecule has 0 bridgehead atoms. The van der Waals surface area contributed by atoms with E-state index in [1.54, 1.807) is 12.4 Å². The lowest BCUT2D eigenvalue weighted by atomic mass is 9.92. The van der Waals surface area contributed by atoms with Gasteiger partial charge in [-0.05, 0) is 67.6 Å². The lowest BCUT2D eigenvalue weighted by molar-refractivity contribution is 0.625. The summed E-state index contributed by atoms with van der Waals surface area (Å²) >= 11 is 0. The number of hydrogen-bond donors (Lipinski definition) is 0. The lowest BCUT2D eigenvalue weighted by Gasteiger charge is -2.35. The number of aromatic nitrogens is 1. The number of anilines is 1. The predicted octanol–water partition coefficient (Wildman–Crippen LogP) is 3.78. The zero-order chi connectivity index (χ0) is 14.8. The Balaban J connectivity index is 2.15. The van der Waals surface area contributed by atoms with Gasteiger partial charge in [0.25, 0.3) is 0 Å². The van der Waals surface area contributed by atoms with Gasteiger partial charge in [-0.1, -0.05) is 0 Å². The molecule has 3 rings (SSSR count). The van der Waals surface area contributed by atoms with Crippen LogP contribution in [0.1, 0.15) is 31.4 Å². The molecule has 0 spiro atoms. The second kappa shape index (κ2) is 5.57. The van der Waals surface area contributed by atoms with Crippen LogP contribution in [0.3, 0.4) is 0 Å². The van der Waals surface area contributed by atoms with E-state index in [9.17, 15) is 5.26 Å². The minimum Gasteiger partial charge on any atom is -0.369 e. The first kappa shape index (κ1) is 13.6. The number of rotatable bonds is 2. The van der Waals surface area contributed by atoms with Crippen LogP contribution in [-0.2, 0) is 6.42 Å². The van der Waals surface area contributed by atoms with Crippen molar-refractivity contribution in [2.24, 2.45) is 0 Å². The smallest absolute Gasteiger partial charge is 0.0998 e. The number of pyridine rings is 1. The summed E-state index contributed by atoms with van der Waals surface area (Å²) in [6.45, 7) is 5.49. The molecule has 0 atom stereocenters. The third kappa shape index (κ3) is 2.50. The minimum absolute atomic E-state index is 0.461. The van der Waals surface area contributed by atoms with Gasteiger partial charge in [-0.3, -0.25) is 4.98 Å². The second-order valence-corrected chi connectivity index (χ2v) is 5.76. The molecule has 3 heteroatoms. The molecule has 2 heterocycles. The van der Waals surface area contributed by atoms with Gasteiger partial charge < -0.3 is 4.90 Å². The van der Waals surface area contributed by atoms with Crippen LogP contribution in [0.25, 0.3) is 11.1 Å². The number of nitriles is 1. The zero-order valence-corrected chi connectivity index (χ0v) is 12.5. The number of nitrogens with zero attached hydrogens (tertiary/aromatic N) is 3. The quantitative estimate of drug-likeness (QED) is 0.838. The van der Waals surface area contributed by atoms with Crippen molar-refractivity contribution in [3.05, 3.63) is 47.8 Å². The highest BCUT2D eigenvalue weighted by Gasteiger charge is 2.21. The van der Waals surface area contributed by atoms with Crippen LogP contribution >= 0.6 is 0 Å². The fourth-order valence-electron chi connectivity index (χ4n) is 3.06. The lowest BCUT2D eigenvalue weighted by Crippen LogP contribution is -2.35. The van der Waals surface area contributed by atoms with Gasteiger partial charge >= 0.3 is 0 Å². The van der Waals surface area contributed by atoms with Crippen molar-refractivity contribution in [2.75, 3.05) is 11.4 Å². The van der Waals surface area contributed by atoms with Gasteiger partial charge in [0.2, 0.25) is 0 Å². The summed E-state index contributed by atoms with van der Waals surface area (Å²) < 4.78 is 0. The molecule has 3 nitrogen and oxygen atoms in total. The molecule has 0 fully saturated rings. The van der Waals surface area contributed by atoms with Gasteiger partial charge in [-0.15, -0.1) is 0 Å². The molecule has 0 radical (unpaired) electrons. The van der Waals surface area contributed by atoms with Crippen LogP contribution < -0.4 is 4.90 Å². The molecule has 1 aliphatic heterocycles. The molecule has 2 aromatic rings. The third-order valence-electron chi connectivity index (χ3n) is 4.11. The first-order valence-corrected chi connectivity index (χ1v) is 7.45. The summed E-state index contributed by atoms with van der Waals surface area (Å²) in [6.07, 6.45) is 5.81. The van der Waals surface area contributed by atoms with Crippen LogP contribution in [0.2, 0.25) is 0 Å². The van der Waals surface area contributed by atoms with E-state index < -0.39 is 0 Å². The van der Waals surface area contributed by atoms with Gasteiger partial charge in [0.05, 0.1) is 11.6 Å². The SMILES string of the molecule is CC(C)N1CCCc2cc(-c3ccncc3)c(C#N)cc21. The van der Waals surface area contributed by atoms with E-state index in [1.807, 2.05) is 12.1 Å². The van der Waals surface area contributed by atoms with E-state index in [0.717, 1.165) is 29.7 Å². The van der Waals surface area contributed by atoms with Crippen LogP contribution in [0.5, 0.6) is 0 Å². The summed E-state index contributed by atoms with van der Waals surface area (Å²) in [7, 11) is 0. The zero-order valence-electron chi connectivity index (χ0n) is 12.5. The first-order valence-electron chi connectivity index (χ1n) is 7.45. The Morgan fingerprint density at radius 1 is 1.24 bits per heavy atom.